The van der Waals surface area contributed by atoms with Crippen molar-refractivity contribution in [3.8, 4) is 5.75 Å². The van der Waals surface area contributed by atoms with Gasteiger partial charge in [-0.3, -0.25) is 14.5 Å². The van der Waals surface area contributed by atoms with Crippen molar-refractivity contribution in [2.24, 2.45) is 23.2 Å². The number of hydrogen-bond donors (Lipinski definition) is 1. The average molecular weight is 441 g/mol. The van der Waals surface area contributed by atoms with E-state index in [0.717, 1.165) is 36.2 Å². The number of carboxylic acids is 1. The first-order valence-electron chi connectivity index (χ1n) is 11.9. The molecule has 7 heteroatoms. The fourth-order valence-corrected chi connectivity index (χ4v) is 7.30. The summed E-state index contributed by atoms with van der Waals surface area (Å²) >= 11 is 0. The molecule has 1 N–H and O–H groups in total. The number of ether oxygens (including phenoxy) is 1. The van der Waals surface area contributed by atoms with Gasteiger partial charge in [0.05, 0.1) is 12.2 Å². The zero-order valence-corrected chi connectivity index (χ0v) is 18.0. The van der Waals surface area contributed by atoms with Gasteiger partial charge in [0.2, 0.25) is 5.91 Å². The predicted octanol–water partition coefficient (Wildman–Crippen LogP) is 4.12. The molecule has 6 aliphatic rings. The second-order valence-electron chi connectivity index (χ2n) is 10.8. The Bertz CT molecular complexity index is 1000. The number of halogens is 1. The Balaban J connectivity index is 1.27. The zero-order valence-electron chi connectivity index (χ0n) is 18.0. The van der Waals surface area contributed by atoms with E-state index in [9.17, 15) is 19.5 Å². The van der Waals surface area contributed by atoms with Crippen LogP contribution in [0.15, 0.2) is 12.1 Å². The minimum absolute atomic E-state index is 0.0216. The van der Waals surface area contributed by atoms with Crippen molar-refractivity contribution >= 4 is 17.8 Å². The van der Waals surface area contributed by atoms with Gasteiger partial charge in [-0.05, 0) is 86.7 Å². The van der Waals surface area contributed by atoms with Crippen molar-refractivity contribution in [1.82, 2.24) is 4.90 Å². The first-order chi connectivity index (χ1) is 15.3. The topological polar surface area (TPSA) is 83.9 Å². The maximum Gasteiger partial charge on any atom is 0.326 e. The summed E-state index contributed by atoms with van der Waals surface area (Å²) in [5.74, 6) is -0.361. The third kappa shape index (κ3) is 3.07. The first kappa shape index (κ1) is 20.2. The summed E-state index contributed by atoms with van der Waals surface area (Å²) < 4.78 is 21.4. The number of benzene rings is 1. The molecule has 0 aromatic heterocycles. The van der Waals surface area contributed by atoms with Gasteiger partial charge in [0, 0.05) is 17.9 Å². The lowest BCUT2D eigenvalue weighted by Gasteiger charge is -2.33. The quantitative estimate of drug-likeness (QED) is 0.672. The lowest BCUT2D eigenvalue weighted by molar-refractivity contribution is -0.144. The fourth-order valence-electron chi connectivity index (χ4n) is 7.30. The number of hydrogen-bond acceptors (Lipinski definition) is 4. The number of rotatable bonds is 6. The van der Waals surface area contributed by atoms with E-state index in [-0.39, 0.29) is 29.7 Å². The smallest absolute Gasteiger partial charge is 0.326 e. The van der Waals surface area contributed by atoms with E-state index in [4.69, 9.17) is 4.74 Å². The van der Waals surface area contributed by atoms with Crippen LogP contribution in [-0.2, 0) is 9.59 Å². The van der Waals surface area contributed by atoms with Gasteiger partial charge in [0.25, 0.3) is 5.91 Å². The third-order valence-electron chi connectivity index (χ3n) is 8.74. The van der Waals surface area contributed by atoms with Gasteiger partial charge in [-0.15, -0.1) is 0 Å². The van der Waals surface area contributed by atoms with Crippen LogP contribution >= 0.6 is 0 Å². The molecular formula is C25H28FNO5. The average Bonchev–Trinajstić information content (AvgIpc) is 3.41. The monoisotopic (exact) mass is 441 g/mol. The molecule has 6 nitrogen and oxygen atoms in total. The summed E-state index contributed by atoms with van der Waals surface area (Å²) in [5.41, 5.74) is 0.790. The van der Waals surface area contributed by atoms with Crippen LogP contribution in [0.1, 0.15) is 79.6 Å². The van der Waals surface area contributed by atoms with Gasteiger partial charge in [-0.25, -0.2) is 9.18 Å². The Kier molecular flexibility index (Phi) is 4.43. The summed E-state index contributed by atoms with van der Waals surface area (Å²) in [7, 11) is 0. The molecule has 2 unspecified atom stereocenters. The number of amides is 2. The van der Waals surface area contributed by atoms with Crippen LogP contribution in [0.25, 0.3) is 0 Å². The SMILES string of the molecule is O=C(O)[C@@H]1CCC(=O)N1C(=O)c1cc(C2CC2)c(OCC23CC4CC(CC2C4)C3)cc1F. The molecule has 1 saturated heterocycles. The minimum atomic E-state index is -1.24. The number of carbonyl (C=O) groups is 3. The normalized spacial score (nSPS) is 35.0. The van der Waals surface area contributed by atoms with Gasteiger partial charge >= 0.3 is 5.97 Å². The molecule has 170 valence electrons. The van der Waals surface area contributed by atoms with Crippen LogP contribution in [0, 0.1) is 29.0 Å². The molecule has 5 saturated carbocycles. The van der Waals surface area contributed by atoms with E-state index in [1.807, 2.05) is 0 Å². The van der Waals surface area contributed by atoms with Gasteiger partial charge in [0.15, 0.2) is 0 Å². The Morgan fingerprint density at radius 1 is 1.12 bits per heavy atom. The second kappa shape index (κ2) is 7.03. The molecule has 7 rings (SSSR count). The lowest BCUT2D eigenvalue weighted by atomic mass is 9.76. The molecule has 6 fully saturated rings. The molecule has 2 amide bonds. The number of carboxylic acid groups (broad SMARTS) is 1. The Labute approximate surface area is 186 Å². The van der Waals surface area contributed by atoms with Gasteiger partial charge < -0.3 is 9.84 Å². The third-order valence-corrected chi connectivity index (χ3v) is 8.74. The van der Waals surface area contributed by atoms with Gasteiger partial charge in [-0.2, -0.15) is 0 Å². The molecule has 4 bridgehead atoms. The van der Waals surface area contributed by atoms with Crippen LogP contribution in [0.5, 0.6) is 5.75 Å². The molecule has 1 aromatic carbocycles. The van der Waals surface area contributed by atoms with E-state index in [2.05, 4.69) is 0 Å². The molecule has 3 atom stereocenters. The van der Waals surface area contributed by atoms with Crippen molar-refractivity contribution in [2.45, 2.75) is 69.7 Å². The maximum absolute atomic E-state index is 15.1. The van der Waals surface area contributed by atoms with Crippen LogP contribution in [0.4, 0.5) is 4.39 Å². The number of carbonyl (C=O) groups excluding carboxylic acids is 2. The predicted molar refractivity (Wildman–Crippen MR) is 112 cm³/mol. The molecule has 32 heavy (non-hydrogen) atoms. The highest BCUT2D eigenvalue weighted by Crippen LogP contribution is 2.65. The van der Waals surface area contributed by atoms with Crippen molar-refractivity contribution in [2.75, 3.05) is 6.61 Å². The highest BCUT2D eigenvalue weighted by atomic mass is 19.1. The van der Waals surface area contributed by atoms with E-state index in [1.165, 1.54) is 44.2 Å². The van der Waals surface area contributed by atoms with Crippen LogP contribution < -0.4 is 4.74 Å². The largest absolute Gasteiger partial charge is 0.493 e. The summed E-state index contributed by atoms with van der Waals surface area (Å²) in [6.07, 6.45) is 8.30. The molecule has 5 aliphatic carbocycles. The summed E-state index contributed by atoms with van der Waals surface area (Å²) in [5, 5.41) is 9.37. The summed E-state index contributed by atoms with van der Waals surface area (Å²) in [4.78, 5) is 37.4. The van der Waals surface area contributed by atoms with Crippen molar-refractivity contribution in [3.63, 3.8) is 0 Å². The number of imide groups is 1. The molecule has 1 aromatic rings. The minimum Gasteiger partial charge on any atom is -0.493 e. The number of nitrogens with zero attached hydrogens (tertiary/aromatic N) is 1. The van der Waals surface area contributed by atoms with E-state index in [0.29, 0.717) is 17.3 Å². The van der Waals surface area contributed by atoms with Crippen molar-refractivity contribution in [1.29, 1.82) is 0 Å². The molecule has 0 radical (unpaired) electrons. The zero-order chi connectivity index (χ0) is 22.2. The van der Waals surface area contributed by atoms with Gasteiger partial charge in [-0.1, -0.05) is 0 Å². The van der Waals surface area contributed by atoms with Crippen LogP contribution in [0.2, 0.25) is 0 Å². The first-order valence-corrected chi connectivity index (χ1v) is 11.9. The summed E-state index contributed by atoms with van der Waals surface area (Å²) in [6, 6.07) is 1.56. The van der Waals surface area contributed by atoms with E-state index >= 15 is 4.39 Å². The Morgan fingerprint density at radius 2 is 1.84 bits per heavy atom. The van der Waals surface area contributed by atoms with Crippen molar-refractivity contribution in [3.05, 3.63) is 29.1 Å². The second-order valence-corrected chi connectivity index (χ2v) is 10.8. The standard InChI is InChI=1S/C25H28FNO5/c26-19-9-21(32-12-25-10-13-5-14(11-25)7-16(25)6-13)17(15-1-2-15)8-18(19)23(29)27-20(24(30)31)3-4-22(27)28/h8-9,13-16,20H,1-7,10-12H2,(H,30,31)/t13?,14?,16?,20-,25?/m0/s1. The lowest BCUT2D eigenvalue weighted by Crippen LogP contribution is -2.43. The highest BCUT2D eigenvalue weighted by Gasteiger charge is 2.58. The molecule has 1 aliphatic heterocycles. The number of likely N-dealkylation sites (tertiary alicyclic amines) is 1. The highest BCUT2D eigenvalue weighted by molar-refractivity contribution is 6.08. The van der Waals surface area contributed by atoms with Crippen LogP contribution in [0.3, 0.4) is 0 Å². The molecular weight excluding hydrogens is 413 g/mol. The Hall–Kier alpha value is -2.44. The van der Waals surface area contributed by atoms with E-state index < -0.39 is 29.6 Å². The maximum atomic E-state index is 15.1. The van der Waals surface area contributed by atoms with E-state index in [1.54, 1.807) is 0 Å². The van der Waals surface area contributed by atoms with Crippen LogP contribution in [-0.4, -0.2) is 40.4 Å². The van der Waals surface area contributed by atoms with Gasteiger partial charge in [0.1, 0.15) is 17.6 Å². The number of aliphatic carboxylic acids is 1. The summed E-state index contributed by atoms with van der Waals surface area (Å²) in [6.45, 7) is 0.600. The fraction of sp³-hybridized carbons (Fsp3) is 0.640. The molecule has 1 heterocycles. The van der Waals surface area contributed by atoms with Crippen molar-refractivity contribution < 1.29 is 28.6 Å². The Morgan fingerprint density at radius 3 is 2.50 bits per heavy atom. The molecule has 0 spiro atoms.